The Kier molecular flexibility index (Phi) is 7.53. The van der Waals surface area contributed by atoms with E-state index in [1.807, 2.05) is 14.0 Å². The number of hydrogen-bond donors (Lipinski definition) is 3. The second kappa shape index (κ2) is 9.64. The number of carbonyl (C=O) groups is 2. The van der Waals surface area contributed by atoms with E-state index < -0.39 is 0 Å². The molecular weight excluding hydrogens is 350 g/mol. The molecule has 3 N–H and O–H groups in total. The minimum Gasteiger partial charge on any atom is -0.463 e. The molecule has 0 saturated carbocycles. The second-order valence-corrected chi connectivity index (χ2v) is 7.21. The fourth-order valence-corrected chi connectivity index (χ4v) is 3.47. The van der Waals surface area contributed by atoms with E-state index in [1.54, 1.807) is 18.7 Å². The average Bonchev–Trinajstić information content (AvgIpc) is 2.61. The lowest BCUT2D eigenvalue weighted by Gasteiger charge is -2.29. The Hall–Kier alpha value is -1.99. The summed E-state index contributed by atoms with van der Waals surface area (Å²) in [5.41, 5.74) is 2.40. The van der Waals surface area contributed by atoms with Gasteiger partial charge in [-0.2, -0.15) is 0 Å². The first-order valence-electron chi connectivity index (χ1n) is 8.90. The molecule has 7 heteroatoms. The van der Waals surface area contributed by atoms with E-state index in [0.29, 0.717) is 30.8 Å². The first kappa shape index (κ1) is 20.3. The number of quaternary nitrogens is 1. The monoisotopic (exact) mass is 378 g/mol. The van der Waals surface area contributed by atoms with E-state index in [-0.39, 0.29) is 18.0 Å². The zero-order valence-corrected chi connectivity index (χ0v) is 16.7. The van der Waals surface area contributed by atoms with Crippen LogP contribution in [-0.4, -0.2) is 44.5 Å². The highest BCUT2D eigenvalue weighted by Crippen LogP contribution is 2.17. The zero-order valence-electron chi connectivity index (χ0n) is 15.8. The lowest BCUT2D eigenvalue weighted by Crippen LogP contribution is -3.08. The molecule has 0 spiro atoms. The summed E-state index contributed by atoms with van der Waals surface area (Å²) in [7, 11) is 2.05. The van der Waals surface area contributed by atoms with Gasteiger partial charge in [-0.25, -0.2) is 9.59 Å². The third-order valence-electron chi connectivity index (χ3n) is 4.29. The molecule has 142 valence electrons. The largest absolute Gasteiger partial charge is 0.463 e. The van der Waals surface area contributed by atoms with Crippen LogP contribution in [0.5, 0.6) is 0 Å². The number of likely N-dealkylation sites (N-methyl/N-ethyl adjacent to an activating group) is 1. The maximum absolute atomic E-state index is 12.4. The third kappa shape index (κ3) is 5.25. The van der Waals surface area contributed by atoms with Gasteiger partial charge in [0.1, 0.15) is 13.1 Å². The molecule has 0 bridgehead atoms. The fourth-order valence-electron chi connectivity index (χ4n) is 3.06. The van der Waals surface area contributed by atoms with Crippen molar-refractivity contribution < 1.29 is 19.2 Å². The van der Waals surface area contributed by atoms with E-state index in [9.17, 15) is 9.59 Å². The van der Waals surface area contributed by atoms with Crippen LogP contribution < -0.4 is 15.5 Å². The summed E-state index contributed by atoms with van der Waals surface area (Å²) >= 11 is 1.72. The molecule has 0 aliphatic carbocycles. The summed E-state index contributed by atoms with van der Waals surface area (Å²) in [6, 6.07) is 7.87. The minimum absolute atomic E-state index is 0.267. The van der Waals surface area contributed by atoms with Gasteiger partial charge in [0.25, 0.3) is 0 Å². The molecule has 1 unspecified atom stereocenters. The molecule has 1 aliphatic heterocycles. The van der Waals surface area contributed by atoms with Gasteiger partial charge < -0.3 is 20.3 Å². The van der Waals surface area contributed by atoms with E-state index >= 15 is 0 Å². The molecule has 2 amide bonds. The van der Waals surface area contributed by atoms with Crippen molar-refractivity contribution in [3.63, 3.8) is 0 Å². The van der Waals surface area contributed by atoms with Crippen LogP contribution in [0.2, 0.25) is 0 Å². The smallest absolute Gasteiger partial charge is 0.338 e. The highest BCUT2D eigenvalue weighted by Gasteiger charge is 2.32. The number of esters is 1. The van der Waals surface area contributed by atoms with Crippen molar-refractivity contribution in [1.82, 2.24) is 10.6 Å². The van der Waals surface area contributed by atoms with Gasteiger partial charge in [0.2, 0.25) is 0 Å². The lowest BCUT2D eigenvalue weighted by atomic mass is 10.00. The van der Waals surface area contributed by atoms with Gasteiger partial charge in [0, 0.05) is 10.5 Å². The quantitative estimate of drug-likeness (QED) is 0.471. The van der Waals surface area contributed by atoms with Crippen molar-refractivity contribution in [3.05, 3.63) is 41.1 Å². The van der Waals surface area contributed by atoms with Crippen LogP contribution in [0.1, 0.15) is 25.8 Å². The maximum Gasteiger partial charge on any atom is 0.338 e. The van der Waals surface area contributed by atoms with Crippen LogP contribution in [0, 0.1) is 0 Å². The van der Waals surface area contributed by atoms with Crippen molar-refractivity contribution in [2.75, 3.05) is 26.5 Å². The highest BCUT2D eigenvalue weighted by molar-refractivity contribution is 7.98. The molecule has 2 rings (SSSR count). The normalized spacial score (nSPS) is 18.2. The number of carbonyl (C=O) groups excluding carboxylic acids is 2. The average molecular weight is 379 g/mol. The topological polar surface area (TPSA) is 71.9 Å². The summed E-state index contributed by atoms with van der Waals surface area (Å²) in [5.74, 6) is -0.362. The Morgan fingerprint density at radius 3 is 2.50 bits per heavy atom. The number of rotatable bonds is 8. The van der Waals surface area contributed by atoms with Gasteiger partial charge in [-0.15, -0.1) is 11.8 Å². The van der Waals surface area contributed by atoms with Crippen LogP contribution in [0.3, 0.4) is 0 Å². The van der Waals surface area contributed by atoms with Gasteiger partial charge in [0.05, 0.1) is 31.0 Å². The van der Waals surface area contributed by atoms with Crippen LogP contribution >= 0.6 is 11.8 Å². The first-order chi connectivity index (χ1) is 12.5. The van der Waals surface area contributed by atoms with Gasteiger partial charge in [-0.3, -0.25) is 0 Å². The van der Waals surface area contributed by atoms with Crippen molar-refractivity contribution >= 4 is 23.8 Å². The van der Waals surface area contributed by atoms with Crippen molar-refractivity contribution in [2.24, 2.45) is 0 Å². The van der Waals surface area contributed by atoms with Gasteiger partial charge in [-0.1, -0.05) is 19.1 Å². The predicted molar refractivity (Wildman–Crippen MR) is 103 cm³/mol. The van der Waals surface area contributed by atoms with E-state index in [2.05, 4.69) is 41.2 Å². The number of amides is 2. The zero-order chi connectivity index (χ0) is 19.1. The number of urea groups is 1. The number of benzene rings is 1. The van der Waals surface area contributed by atoms with Crippen LogP contribution in [0.4, 0.5) is 4.79 Å². The van der Waals surface area contributed by atoms with Crippen molar-refractivity contribution in [1.29, 1.82) is 0 Å². The summed E-state index contributed by atoms with van der Waals surface area (Å²) in [5, 5.41) is 5.61. The Balaban J connectivity index is 2.17. The second-order valence-electron chi connectivity index (χ2n) is 6.33. The van der Waals surface area contributed by atoms with Crippen LogP contribution in [0.25, 0.3) is 0 Å². The molecule has 0 radical (unpaired) electrons. The van der Waals surface area contributed by atoms with E-state index in [4.69, 9.17) is 4.74 Å². The Morgan fingerprint density at radius 2 is 1.92 bits per heavy atom. The molecule has 2 atom stereocenters. The summed E-state index contributed by atoms with van der Waals surface area (Å²) in [4.78, 5) is 26.8. The summed E-state index contributed by atoms with van der Waals surface area (Å²) < 4.78 is 5.20. The first-order valence-corrected chi connectivity index (χ1v) is 10.1. The van der Waals surface area contributed by atoms with Gasteiger partial charge >= 0.3 is 12.0 Å². The number of thioether (sulfide) groups is 1. The van der Waals surface area contributed by atoms with E-state index in [1.165, 1.54) is 15.4 Å². The minimum atomic E-state index is -0.362. The number of hydrogen-bond acceptors (Lipinski definition) is 4. The molecule has 1 aromatic rings. The van der Waals surface area contributed by atoms with Crippen molar-refractivity contribution in [2.45, 2.75) is 37.8 Å². The maximum atomic E-state index is 12.4. The molecule has 1 aromatic carbocycles. The standard InChI is InChI=1S/C19H27N3O3S/c1-5-15-17(18(23)25-6-2)16(21-19(24)20-15)12-22(3)11-13-7-9-14(26-4)10-8-13/h7-10,15H,5-6,11-12H2,1-4H3,(H2,20,21,24)/p+1/t15-/m1/s1. The fraction of sp³-hybridized carbons (Fsp3) is 0.474. The third-order valence-corrected chi connectivity index (χ3v) is 5.03. The number of nitrogens with one attached hydrogen (secondary N) is 3. The Bertz CT molecular complexity index is 673. The van der Waals surface area contributed by atoms with Crippen LogP contribution in [-0.2, 0) is 16.1 Å². The Labute approximate surface area is 159 Å². The molecule has 0 aromatic heterocycles. The molecule has 1 heterocycles. The molecule has 0 saturated heterocycles. The van der Waals surface area contributed by atoms with E-state index in [0.717, 1.165) is 6.54 Å². The molecule has 0 fully saturated rings. The van der Waals surface area contributed by atoms with Gasteiger partial charge in [0.15, 0.2) is 0 Å². The highest BCUT2D eigenvalue weighted by atomic mass is 32.2. The lowest BCUT2D eigenvalue weighted by molar-refractivity contribution is -0.889. The molecular formula is C19H28N3O3S+. The number of ether oxygens (including phenoxy) is 1. The van der Waals surface area contributed by atoms with Crippen molar-refractivity contribution in [3.8, 4) is 0 Å². The van der Waals surface area contributed by atoms with Crippen LogP contribution in [0.15, 0.2) is 40.4 Å². The predicted octanol–water partition coefficient (Wildman–Crippen LogP) is 1.33. The molecule has 6 nitrogen and oxygen atoms in total. The summed E-state index contributed by atoms with van der Waals surface area (Å²) in [6.45, 7) is 5.38. The Morgan fingerprint density at radius 1 is 1.23 bits per heavy atom. The van der Waals surface area contributed by atoms with Gasteiger partial charge in [-0.05, 0) is 31.7 Å². The summed E-state index contributed by atoms with van der Waals surface area (Å²) in [6.07, 6.45) is 2.69. The molecule has 26 heavy (non-hydrogen) atoms. The molecule has 1 aliphatic rings. The SMILES string of the molecule is CCOC(=O)C1=C(C[NH+](C)Cc2ccc(SC)cc2)NC(=O)N[C@@H]1CC.